The fourth-order valence-corrected chi connectivity index (χ4v) is 4.83. The summed E-state index contributed by atoms with van der Waals surface area (Å²) in [7, 11) is 0. The van der Waals surface area contributed by atoms with E-state index in [1.807, 2.05) is 36.5 Å². The number of benzene rings is 1. The van der Waals surface area contributed by atoms with Crippen LogP contribution >= 0.6 is 0 Å². The molecule has 2 saturated carbocycles. The molecule has 2 heterocycles. The molecule has 3 fully saturated rings. The minimum Gasteiger partial charge on any atom is -0.392 e. The number of nitrogens with one attached hydrogen (secondary N) is 3. The second-order valence-electron chi connectivity index (χ2n) is 8.85. The van der Waals surface area contributed by atoms with Crippen LogP contribution in [0.2, 0.25) is 0 Å². The van der Waals surface area contributed by atoms with Crippen molar-refractivity contribution in [1.82, 2.24) is 20.6 Å². The van der Waals surface area contributed by atoms with E-state index in [1.165, 1.54) is 0 Å². The van der Waals surface area contributed by atoms with Crippen LogP contribution in [-0.4, -0.2) is 58.4 Å². The van der Waals surface area contributed by atoms with Gasteiger partial charge in [-0.05, 0) is 32.1 Å². The van der Waals surface area contributed by atoms with Crippen LogP contribution in [0, 0.1) is 5.92 Å². The molecule has 7 nitrogen and oxygen atoms in total. The van der Waals surface area contributed by atoms with E-state index in [-0.39, 0.29) is 17.9 Å². The van der Waals surface area contributed by atoms with Gasteiger partial charge in [0.25, 0.3) is 0 Å². The summed E-state index contributed by atoms with van der Waals surface area (Å²) in [4.78, 5) is 20.8. The van der Waals surface area contributed by atoms with E-state index in [9.17, 15) is 9.90 Å². The predicted octanol–water partition coefficient (Wildman–Crippen LogP) is 1.96. The molecule has 30 heavy (non-hydrogen) atoms. The molecule has 5 rings (SSSR count). The van der Waals surface area contributed by atoms with Crippen LogP contribution in [0.25, 0.3) is 11.4 Å². The third kappa shape index (κ3) is 4.15. The first kappa shape index (κ1) is 19.7. The summed E-state index contributed by atoms with van der Waals surface area (Å²) >= 11 is 0. The number of aromatic nitrogens is 2. The maximum absolute atomic E-state index is 12.8. The Bertz CT molecular complexity index is 860. The molecule has 1 aliphatic heterocycles. The zero-order chi connectivity index (χ0) is 20.5. The van der Waals surface area contributed by atoms with Gasteiger partial charge in [0, 0.05) is 54.7 Å². The Kier molecular flexibility index (Phi) is 5.58. The molecule has 0 radical (unpaired) electrons. The van der Waals surface area contributed by atoms with Crippen LogP contribution < -0.4 is 10.6 Å². The fraction of sp³-hybridized carbons (Fsp3) is 0.565. The molecule has 1 aromatic heterocycles. The first-order valence-corrected chi connectivity index (χ1v) is 11.1. The molecule has 2 aliphatic carbocycles. The van der Waals surface area contributed by atoms with E-state index in [4.69, 9.17) is 4.74 Å². The second kappa shape index (κ2) is 8.49. The van der Waals surface area contributed by atoms with Crippen molar-refractivity contribution in [1.29, 1.82) is 0 Å². The average molecular weight is 411 g/mol. The molecule has 4 atom stereocenters. The first-order valence-electron chi connectivity index (χ1n) is 11.1. The third-order valence-corrected chi connectivity index (χ3v) is 6.65. The molecular formula is C23H30N4O3. The minimum atomic E-state index is -0.745. The van der Waals surface area contributed by atoms with Gasteiger partial charge in [0.2, 0.25) is 5.91 Å². The Morgan fingerprint density at radius 1 is 1.10 bits per heavy atom. The average Bonchev–Trinajstić information content (AvgIpc) is 3.34. The summed E-state index contributed by atoms with van der Waals surface area (Å²) in [6, 6.07) is 10.6. The lowest BCUT2D eigenvalue weighted by atomic mass is 9.95. The van der Waals surface area contributed by atoms with E-state index in [2.05, 4.69) is 20.6 Å². The number of amides is 1. The summed E-state index contributed by atoms with van der Waals surface area (Å²) in [5, 5.41) is 18.0. The number of aliphatic hydroxyl groups excluding tert-OH is 1. The number of aliphatic hydroxyl groups is 1. The van der Waals surface area contributed by atoms with Crippen LogP contribution in [0.1, 0.15) is 43.7 Å². The highest BCUT2D eigenvalue weighted by molar-refractivity contribution is 5.80. The topological polar surface area (TPSA) is 99.3 Å². The molecule has 7 heteroatoms. The lowest BCUT2D eigenvalue weighted by Gasteiger charge is -2.29. The lowest BCUT2D eigenvalue weighted by Crippen LogP contribution is -2.43. The van der Waals surface area contributed by atoms with E-state index >= 15 is 0 Å². The van der Waals surface area contributed by atoms with Crippen LogP contribution in [0.15, 0.2) is 36.5 Å². The number of nitrogens with zero attached hydrogens (tertiary/aromatic N) is 1. The highest BCUT2D eigenvalue weighted by atomic mass is 16.5. The summed E-state index contributed by atoms with van der Waals surface area (Å²) in [5.41, 5.74) is 1.89. The molecule has 4 N–H and O–H groups in total. The van der Waals surface area contributed by atoms with Crippen LogP contribution in [0.3, 0.4) is 0 Å². The monoisotopic (exact) mass is 410 g/mol. The Labute approximate surface area is 176 Å². The van der Waals surface area contributed by atoms with Gasteiger partial charge in [0.15, 0.2) is 0 Å². The number of carbonyl (C=O) groups is 1. The number of rotatable bonds is 6. The molecule has 1 saturated heterocycles. The van der Waals surface area contributed by atoms with Crippen LogP contribution in [0.4, 0.5) is 0 Å². The minimum absolute atomic E-state index is 0.0159. The fourth-order valence-electron chi connectivity index (χ4n) is 4.83. The highest BCUT2D eigenvalue weighted by Crippen LogP contribution is 2.40. The number of imidazole rings is 1. The number of hydrogen-bond acceptors (Lipinski definition) is 5. The third-order valence-electron chi connectivity index (χ3n) is 6.65. The van der Waals surface area contributed by atoms with Crippen molar-refractivity contribution in [2.45, 2.75) is 62.3 Å². The van der Waals surface area contributed by atoms with Gasteiger partial charge < -0.3 is 25.5 Å². The predicted molar refractivity (Wildman–Crippen MR) is 113 cm³/mol. The van der Waals surface area contributed by atoms with Gasteiger partial charge in [-0.3, -0.25) is 4.79 Å². The van der Waals surface area contributed by atoms with Crippen molar-refractivity contribution in [2.24, 2.45) is 5.92 Å². The molecule has 3 aliphatic rings. The zero-order valence-corrected chi connectivity index (χ0v) is 17.1. The number of hydrogen-bond donors (Lipinski definition) is 4. The largest absolute Gasteiger partial charge is 0.392 e. The van der Waals surface area contributed by atoms with Crippen molar-refractivity contribution in [3.8, 4) is 11.4 Å². The smallest absolute Gasteiger partial charge is 0.226 e. The number of aromatic amines is 1. The van der Waals surface area contributed by atoms with Gasteiger partial charge in [-0.2, -0.15) is 0 Å². The summed E-state index contributed by atoms with van der Waals surface area (Å²) < 4.78 is 5.49. The van der Waals surface area contributed by atoms with Crippen molar-refractivity contribution in [3.05, 3.63) is 42.2 Å². The molecule has 1 aromatic carbocycles. The van der Waals surface area contributed by atoms with Crippen molar-refractivity contribution >= 4 is 5.91 Å². The van der Waals surface area contributed by atoms with E-state index in [0.29, 0.717) is 18.5 Å². The molecule has 160 valence electrons. The Morgan fingerprint density at radius 3 is 2.60 bits per heavy atom. The number of carbonyl (C=O) groups excluding carboxylic acids is 1. The molecule has 2 aromatic rings. The maximum atomic E-state index is 12.8. The van der Waals surface area contributed by atoms with Gasteiger partial charge in [-0.15, -0.1) is 0 Å². The normalized spacial score (nSPS) is 29.8. The lowest BCUT2D eigenvalue weighted by molar-refractivity contribution is -0.127. The van der Waals surface area contributed by atoms with Crippen molar-refractivity contribution in [3.63, 3.8) is 0 Å². The van der Waals surface area contributed by atoms with Gasteiger partial charge in [0.1, 0.15) is 5.82 Å². The second-order valence-corrected chi connectivity index (χ2v) is 8.85. The van der Waals surface area contributed by atoms with E-state index < -0.39 is 12.0 Å². The van der Waals surface area contributed by atoms with Gasteiger partial charge in [-0.25, -0.2) is 4.98 Å². The summed E-state index contributed by atoms with van der Waals surface area (Å²) in [5.74, 6) is 0.159. The number of ether oxygens (including phenoxy) is 1. The molecule has 1 amide bonds. The van der Waals surface area contributed by atoms with Crippen molar-refractivity contribution < 1.29 is 14.6 Å². The van der Waals surface area contributed by atoms with Crippen LogP contribution in [0.5, 0.6) is 0 Å². The molecular weight excluding hydrogens is 380 g/mol. The first-order chi connectivity index (χ1) is 14.7. The highest BCUT2D eigenvalue weighted by Gasteiger charge is 2.48. The zero-order valence-electron chi connectivity index (χ0n) is 17.1. The Balaban J connectivity index is 1.38. The molecule has 0 spiro atoms. The van der Waals surface area contributed by atoms with Gasteiger partial charge in [-0.1, -0.05) is 30.3 Å². The maximum Gasteiger partial charge on any atom is 0.226 e. The standard InChI is InChI=1S/C23H30N4O3/c28-21-17(23(29)26-15-6-7-15)12-18(25-16-8-10-30-11-9-16)20(21)19-13-24-22(27-19)14-4-2-1-3-5-14/h1-5,13,15-18,20-21,25,28H,6-12H2,(H,24,27)(H,26,29)/t17-,18+,20+,21+/m0/s1. The quantitative estimate of drug-likeness (QED) is 0.584. The van der Waals surface area contributed by atoms with Crippen LogP contribution in [-0.2, 0) is 9.53 Å². The van der Waals surface area contributed by atoms with Crippen molar-refractivity contribution in [2.75, 3.05) is 13.2 Å². The van der Waals surface area contributed by atoms with Gasteiger partial charge >= 0.3 is 0 Å². The Hall–Kier alpha value is -2.22. The van der Waals surface area contributed by atoms with E-state index in [0.717, 1.165) is 56.0 Å². The van der Waals surface area contributed by atoms with Gasteiger partial charge in [0.05, 0.1) is 12.0 Å². The number of H-pyrrole nitrogens is 1. The Morgan fingerprint density at radius 2 is 1.87 bits per heavy atom. The summed E-state index contributed by atoms with van der Waals surface area (Å²) in [6.07, 6.45) is 5.70. The summed E-state index contributed by atoms with van der Waals surface area (Å²) in [6.45, 7) is 1.51. The van der Waals surface area contributed by atoms with E-state index in [1.54, 1.807) is 0 Å². The molecule has 0 bridgehead atoms. The SMILES string of the molecule is O=C(NC1CC1)[C@H]1C[C@@H](NC2CCOCC2)[C@H](c2cnc(-c3ccccc3)[nH]2)[C@@H]1O. The molecule has 0 unspecified atom stereocenters.